The first-order valence-corrected chi connectivity index (χ1v) is 5.63. The largest absolute Gasteiger partial charge is 0.495 e. The third-order valence-electron chi connectivity index (χ3n) is 2.99. The van der Waals surface area contributed by atoms with Crippen LogP contribution in [0.4, 0.5) is 0 Å². The molecule has 3 atom stereocenters. The molecule has 3 rings (SSSR count). The van der Waals surface area contributed by atoms with E-state index in [1.165, 1.54) is 5.56 Å². The van der Waals surface area contributed by atoms with Crippen LogP contribution in [0.2, 0.25) is 0 Å². The maximum atomic E-state index is 5.81. The molecule has 0 radical (unpaired) electrons. The number of rotatable bonds is 2. The smallest absolute Gasteiger partial charge is 0.130 e. The monoisotopic (exact) mass is 214 g/mol. The minimum absolute atomic E-state index is 0.158. The van der Waals surface area contributed by atoms with E-state index in [9.17, 15) is 0 Å². The molecule has 2 aliphatic rings. The predicted octanol–water partition coefficient (Wildman–Crippen LogP) is 2.77. The van der Waals surface area contributed by atoms with Crippen LogP contribution < -0.4 is 0 Å². The van der Waals surface area contributed by atoms with Crippen LogP contribution in [0.15, 0.2) is 48.7 Å². The van der Waals surface area contributed by atoms with E-state index in [-0.39, 0.29) is 18.3 Å². The first-order chi connectivity index (χ1) is 7.92. The number of hydrogen-bond donors (Lipinski definition) is 0. The fourth-order valence-corrected chi connectivity index (χ4v) is 2.14. The molecule has 0 N–H and O–H groups in total. The van der Waals surface area contributed by atoms with Gasteiger partial charge in [-0.2, -0.15) is 0 Å². The van der Waals surface area contributed by atoms with Gasteiger partial charge in [0.25, 0.3) is 0 Å². The molecule has 0 amide bonds. The van der Waals surface area contributed by atoms with Crippen molar-refractivity contribution < 1.29 is 9.47 Å². The second-order valence-electron chi connectivity index (χ2n) is 4.15. The summed E-state index contributed by atoms with van der Waals surface area (Å²) < 4.78 is 11.2. The van der Waals surface area contributed by atoms with Gasteiger partial charge in [-0.1, -0.05) is 42.5 Å². The maximum absolute atomic E-state index is 5.81. The molecule has 1 fully saturated rings. The lowest BCUT2D eigenvalue weighted by Crippen LogP contribution is -2.14. The molecule has 2 aliphatic heterocycles. The lowest BCUT2D eigenvalue weighted by molar-refractivity contribution is 0.0703. The van der Waals surface area contributed by atoms with Gasteiger partial charge in [0.15, 0.2) is 0 Å². The van der Waals surface area contributed by atoms with Gasteiger partial charge < -0.3 is 9.47 Å². The Morgan fingerprint density at radius 2 is 2.06 bits per heavy atom. The van der Waals surface area contributed by atoms with Crippen molar-refractivity contribution in [2.24, 2.45) is 0 Å². The minimum Gasteiger partial charge on any atom is -0.495 e. The lowest BCUT2D eigenvalue weighted by atomic mass is 10.1. The van der Waals surface area contributed by atoms with Crippen molar-refractivity contribution in [1.82, 2.24) is 0 Å². The van der Waals surface area contributed by atoms with Crippen LogP contribution in [-0.2, 0) is 9.47 Å². The van der Waals surface area contributed by atoms with Crippen LogP contribution in [0.3, 0.4) is 0 Å². The van der Waals surface area contributed by atoms with E-state index in [0.29, 0.717) is 0 Å². The summed E-state index contributed by atoms with van der Waals surface area (Å²) in [5, 5.41) is 0. The highest BCUT2D eigenvalue weighted by Gasteiger charge is 2.36. The molecule has 1 aromatic carbocycles. The Kier molecular flexibility index (Phi) is 2.50. The molecule has 0 bridgehead atoms. The molecule has 2 nitrogen and oxygen atoms in total. The first kappa shape index (κ1) is 9.67. The predicted molar refractivity (Wildman–Crippen MR) is 62.8 cm³/mol. The molecule has 2 heteroatoms. The average molecular weight is 214 g/mol. The third kappa shape index (κ3) is 1.89. The van der Waals surface area contributed by atoms with Crippen molar-refractivity contribution in [2.45, 2.75) is 24.7 Å². The van der Waals surface area contributed by atoms with Crippen molar-refractivity contribution in [2.75, 3.05) is 0 Å². The highest BCUT2D eigenvalue weighted by Crippen LogP contribution is 2.29. The summed E-state index contributed by atoms with van der Waals surface area (Å²) in [5.41, 5.74) is 1.21. The van der Waals surface area contributed by atoms with Gasteiger partial charge in [0.1, 0.15) is 12.2 Å². The summed E-state index contributed by atoms with van der Waals surface area (Å²) in [7, 11) is 0. The molecular weight excluding hydrogens is 200 g/mol. The lowest BCUT2D eigenvalue weighted by Gasteiger charge is -2.04. The van der Waals surface area contributed by atoms with Gasteiger partial charge in [-0.05, 0) is 11.6 Å². The van der Waals surface area contributed by atoms with Crippen molar-refractivity contribution in [3.63, 3.8) is 0 Å². The van der Waals surface area contributed by atoms with Crippen molar-refractivity contribution in [1.29, 1.82) is 0 Å². The average Bonchev–Trinajstić information content (AvgIpc) is 2.88. The van der Waals surface area contributed by atoms with Crippen LogP contribution in [0.25, 0.3) is 6.08 Å². The molecule has 0 aromatic heterocycles. The van der Waals surface area contributed by atoms with E-state index in [1.54, 1.807) is 6.26 Å². The van der Waals surface area contributed by atoms with Gasteiger partial charge in [0.05, 0.1) is 12.4 Å². The molecule has 16 heavy (non-hydrogen) atoms. The molecule has 1 saturated heterocycles. The number of benzene rings is 1. The summed E-state index contributed by atoms with van der Waals surface area (Å²) >= 11 is 0. The number of ether oxygens (including phenoxy) is 2. The Balaban J connectivity index is 1.64. The summed E-state index contributed by atoms with van der Waals surface area (Å²) in [6, 6.07) is 10.3. The van der Waals surface area contributed by atoms with Gasteiger partial charge in [-0.3, -0.25) is 0 Å². The second-order valence-corrected chi connectivity index (χ2v) is 4.15. The molecule has 0 unspecified atom stereocenters. The van der Waals surface area contributed by atoms with Gasteiger partial charge in [-0.15, -0.1) is 0 Å². The summed E-state index contributed by atoms with van der Waals surface area (Å²) in [5.74, 6) is 0. The molecule has 2 heterocycles. The van der Waals surface area contributed by atoms with Crippen molar-refractivity contribution >= 4 is 6.08 Å². The standard InChI is InChI=1S/C14H14O2/c1-2-4-11(5-3-1)6-7-12-10-14-13(16-12)8-9-15-14/h1-9,12-14H,10H2/b7-6+/t12-,13+,14+/m1/s1. The summed E-state index contributed by atoms with van der Waals surface area (Å²) in [6.07, 6.45) is 9.46. The van der Waals surface area contributed by atoms with E-state index in [0.717, 1.165) is 6.42 Å². The maximum Gasteiger partial charge on any atom is 0.130 e. The highest BCUT2D eigenvalue weighted by molar-refractivity contribution is 5.49. The van der Waals surface area contributed by atoms with Crippen LogP contribution in [0.1, 0.15) is 12.0 Å². The summed E-state index contributed by atoms with van der Waals surface area (Å²) in [6.45, 7) is 0. The topological polar surface area (TPSA) is 18.5 Å². The van der Waals surface area contributed by atoms with Gasteiger partial charge >= 0.3 is 0 Å². The van der Waals surface area contributed by atoms with Crippen LogP contribution in [0.5, 0.6) is 0 Å². The van der Waals surface area contributed by atoms with E-state index >= 15 is 0 Å². The molecular formula is C14H14O2. The Morgan fingerprint density at radius 3 is 2.88 bits per heavy atom. The fourth-order valence-electron chi connectivity index (χ4n) is 2.14. The zero-order valence-corrected chi connectivity index (χ0v) is 8.95. The number of fused-ring (bicyclic) bond motifs is 1. The molecule has 0 aliphatic carbocycles. The molecule has 0 saturated carbocycles. The third-order valence-corrected chi connectivity index (χ3v) is 2.99. The van der Waals surface area contributed by atoms with E-state index in [4.69, 9.17) is 9.47 Å². The SMILES string of the molecule is C1=C[C@@H]2O[C@H](/C=C/c3ccccc3)C[C@@H]2O1. The first-order valence-electron chi connectivity index (χ1n) is 5.63. The van der Waals surface area contributed by atoms with Crippen molar-refractivity contribution in [3.8, 4) is 0 Å². The Bertz CT molecular complexity index is 408. The Morgan fingerprint density at radius 1 is 1.19 bits per heavy atom. The highest BCUT2D eigenvalue weighted by atomic mass is 16.6. The second kappa shape index (κ2) is 4.14. The van der Waals surface area contributed by atoms with E-state index in [2.05, 4.69) is 24.3 Å². The summed E-state index contributed by atoms with van der Waals surface area (Å²) in [4.78, 5) is 0. The van der Waals surface area contributed by atoms with Gasteiger partial charge in [0, 0.05) is 6.42 Å². The van der Waals surface area contributed by atoms with E-state index < -0.39 is 0 Å². The molecule has 0 spiro atoms. The Labute approximate surface area is 95.2 Å². The van der Waals surface area contributed by atoms with Gasteiger partial charge in [0.2, 0.25) is 0 Å². The van der Waals surface area contributed by atoms with Crippen LogP contribution >= 0.6 is 0 Å². The quantitative estimate of drug-likeness (QED) is 0.753. The Hall–Kier alpha value is -1.54. The van der Waals surface area contributed by atoms with E-state index in [1.807, 2.05) is 24.3 Å². The molecule has 82 valence electrons. The zero-order chi connectivity index (χ0) is 10.8. The van der Waals surface area contributed by atoms with Crippen molar-refractivity contribution in [3.05, 3.63) is 54.3 Å². The normalized spacial score (nSPS) is 31.9. The molecule has 1 aromatic rings. The fraction of sp³-hybridized carbons (Fsp3) is 0.286. The van der Waals surface area contributed by atoms with Gasteiger partial charge in [-0.25, -0.2) is 0 Å². The zero-order valence-electron chi connectivity index (χ0n) is 8.95. The van der Waals surface area contributed by atoms with Crippen LogP contribution in [0, 0.1) is 0 Å². The van der Waals surface area contributed by atoms with Crippen LogP contribution in [-0.4, -0.2) is 18.3 Å². The number of hydrogen-bond acceptors (Lipinski definition) is 2. The minimum atomic E-state index is 0.158.